The highest BCUT2D eigenvalue weighted by Crippen LogP contribution is 2.11. The first kappa shape index (κ1) is 15.5. The van der Waals surface area contributed by atoms with E-state index in [9.17, 15) is 4.79 Å². The van der Waals surface area contributed by atoms with Crippen molar-refractivity contribution in [2.75, 3.05) is 13.1 Å². The Bertz CT molecular complexity index is 564. The van der Waals surface area contributed by atoms with E-state index < -0.39 is 0 Å². The van der Waals surface area contributed by atoms with Crippen LogP contribution >= 0.6 is 11.3 Å². The summed E-state index contributed by atoms with van der Waals surface area (Å²) in [5.41, 5.74) is 6.70. The molecule has 0 aliphatic rings. The SMILES string of the molecule is NCCCN(Cc1ccccc1)C(=O)/C=C/c1cccs1. The van der Waals surface area contributed by atoms with E-state index in [0.29, 0.717) is 19.6 Å². The molecule has 0 unspecified atom stereocenters. The third-order valence-corrected chi connectivity index (χ3v) is 3.93. The fourth-order valence-electron chi connectivity index (χ4n) is 2.00. The number of carbonyl (C=O) groups excluding carboxylic acids is 1. The minimum absolute atomic E-state index is 0.0284. The molecule has 21 heavy (non-hydrogen) atoms. The number of thiophene rings is 1. The van der Waals surface area contributed by atoms with Crippen LogP contribution in [-0.4, -0.2) is 23.9 Å². The summed E-state index contributed by atoms with van der Waals surface area (Å²) in [6.07, 6.45) is 4.32. The fraction of sp³-hybridized carbons (Fsp3) is 0.235. The summed E-state index contributed by atoms with van der Waals surface area (Å²) in [7, 11) is 0. The summed E-state index contributed by atoms with van der Waals surface area (Å²) < 4.78 is 0. The Morgan fingerprint density at radius 1 is 1.19 bits per heavy atom. The van der Waals surface area contributed by atoms with E-state index in [2.05, 4.69) is 0 Å². The Labute approximate surface area is 129 Å². The first-order valence-corrected chi connectivity index (χ1v) is 7.92. The van der Waals surface area contributed by atoms with E-state index in [-0.39, 0.29) is 5.91 Å². The quantitative estimate of drug-likeness (QED) is 0.799. The van der Waals surface area contributed by atoms with Crippen molar-refractivity contribution >= 4 is 23.3 Å². The van der Waals surface area contributed by atoms with Crippen molar-refractivity contribution in [1.29, 1.82) is 0 Å². The van der Waals surface area contributed by atoms with Crippen molar-refractivity contribution in [1.82, 2.24) is 4.90 Å². The topological polar surface area (TPSA) is 46.3 Å². The molecule has 0 aliphatic heterocycles. The highest BCUT2D eigenvalue weighted by Gasteiger charge is 2.10. The molecule has 0 saturated carbocycles. The van der Waals surface area contributed by atoms with Gasteiger partial charge in [-0.15, -0.1) is 11.3 Å². The van der Waals surface area contributed by atoms with E-state index in [1.165, 1.54) is 0 Å². The van der Waals surface area contributed by atoms with Crippen LogP contribution in [0, 0.1) is 0 Å². The lowest BCUT2D eigenvalue weighted by Gasteiger charge is -2.21. The van der Waals surface area contributed by atoms with Gasteiger partial charge >= 0.3 is 0 Å². The average Bonchev–Trinajstić information content (AvgIpc) is 3.03. The first-order chi connectivity index (χ1) is 10.3. The molecule has 1 heterocycles. The van der Waals surface area contributed by atoms with Crippen LogP contribution in [0.15, 0.2) is 53.9 Å². The summed E-state index contributed by atoms with van der Waals surface area (Å²) in [5.74, 6) is 0.0284. The maximum absolute atomic E-state index is 12.4. The second-order valence-electron chi connectivity index (χ2n) is 4.74. The molecule has 0 bridgehead atoms. The number of rotatable bonds is 7. The third kappa shape index (κ3) is 5.17. The normalized spacial score (nSPS) is 10.9. The molecule has 1 aromatic carbocycles. The lowest BCUT2D eigenvalue weighted by Crippen LogP contribution is -2.31. The van der Waals surface area contributed by atoms with Gasteiger partial charge in [-0.1, -0.05) is 36.4 Å². The van der Waals surface area contributed by atoms with Gasteiger partial charge in [-0.3, -0.25) is 4.79 Å². The van der Waals surface area contributed by atoms with Gasteiger partial charge in [-0.2, -0.15) is 0 Å². The van der Waals surface area contributed by atoms with Gasteiger partial charge in [0.25, 0.3) is 0 Å². The van der Waals surface area contributed by atoms with Crippen LogP contribution in [0.4, 0.5) is 0 Å². The molecule has 2 aromatic rings. The molecule has 0 spiro atoms. The third-order valence-electron chi connectivity index (χ3n) is 3.09. The highest BCUT2D eigenvalue weighted by molar-refractivity contribution is 7.10. The second kappa shape index (κ2) is 8.39. The van der Waals surface area contributed by atoms with E-state index in [1.54, 1.807) is 17.4 Å². The van der Waals surface area contributed by atoms with Crippen molar-refractivity contribution in [3.63, 3.8) is 0 Å². The molecule has 0 fully saturated rings. The van der Waals surface area contributed by atoms with Crippen LogP contribution in [0.1, 0.15) is 16.9 Å². The number of hydrogen-bond acceptors (Lipinski definition) is 3. The van der Waals surface area contributed by atoms with E-state index in [0.717, 1.165) is 16.9 Å². The molecule has 2 rings (SSSR count). The molecule has 1 amide bonds. The molecule has 3 nitrogen and oxygen atoms in total. The molecule has 0 aliphatic carbocycles. The standard InChI is InChI=1S/C17H20N2OS/c18-11-5-12-19(14-15-6-2-1-3-7-15)17(20)10-9-16-8-4-13-21-16/h1-4,6-10,13H,5,11-12,14,18H2/b10-9+. The lowest BCUT2D eigenvalue weighted by molar-refractivity contribution is -0.126. The number of nitrogens with two attached hydrogens (primary N) is 1. The number of hydrogen-bond donors (Lipinski definition) is 1. The van der Waals surface area contributed by atoms with Gasteiger partial charge in [0.05, 0.1) is 0 Å². The molecule has 0 radical (unpaired) electrons. The van der Waals surface area contributed by atoms with Crippen molar-refractivity contribution in [3.8, 4) is 0 Å². The van der Waals surface area contributed by atoms with Crippen molar-refractivity contribution < 1.29 is 4.79 Å². The Kier molecular flexibility index (Phi) is 6.19. The molecule has 110 valence electrons. The molecule has 2 N–H and O–H groups in total. The van der Waals surface area contributed by atoms with Crippen LogP contribution in [0.3, 0.4) is 0 Å². The van der Waals surface area contributed by atoms with E-state index in [1.807, 2.05) is 58.8 Å². The number of nitrogens with zero attached hydrogens (tertiary/aromatic N) is 1. The van der Waals surface area contributed by atoms with Crippen LogP contribution in [0.5, 0.6) is 0 Å². The fourth-order valence-corrected chi connectivity index (χ4v) is 2.62. The molecule has 4 heteroatoms. The van der Waals surface area contributed by atoms with Crippen LogP contribution in [0.2, 0.25) is 0 Å². The number of carbonyl (C=O) groups is 1. The van der Waals surface area contributed by atoms with Crippen molar-refractivity contribution in [2.45, 2.75) is 13.0 Å². The lowest BCUT2D eigenvalue weighted by atomic mass is 10.2. The largest absolute Gasteiger partial charge is 0.335 e. The predicted molar refractivity (Wildman–Crippen MR) is 88.9 cm³/mol. The zero-order chi connectivity index (χ0) is 14.9. The van der Waals surface area contributed by atoms with Crippen LogP contribution < -0.4 is 5.73 Å². The van der Waals surface area contributed by atoms with Gasteiger partial charge in [0.1, 0.15) is 0 Å². The van der Waals surface area contributed by atoms with Crippen LogP contribution in [-0.2, 0) is 11.3 Å². The highest BCUT2D eigenvalue weighted by atomic mass is 32.1. The maximum atomic E-state index is 12.4. The molecule has 0 atom stereocenters. The monoisotopic (exact) mass is 300 g/mol. The average molecular weight is 300 g/mol. The van der Waals surface area contributed by atoms with Crippen molar-refractivity contribution in [2.24, 2.45) is 5.73 Å². The molecule has 0 saturated heterocycles. The predicted octanol–water partition coefficient (Wildman–Crippen LogP) is 3.14. The summed E-state index contributed by atoms with van der Waals surface area (Å²) in [5, 5.41) is 2.00. The van der Waals surface area contributed by atoms with E-state index >= 15 is 0 Å². The van der Waals surface area contributed by atoms with E-state index in [4.69, 9.17) is 5.73 Å². The Morgan fingerprint density at radius 3 is 2.67 bits per heavy atom. The second-order valence-corrected chi connectivity index (χ2v) is 5.72. The number of benzene rings is 1. The van der Waals surface area contributed by atoms with Gasteiger partial charge in [0.15, 0.2) is 0 Å². The molecular formula is C17H20N2OS. The zero-order valence-corrected chi connectivity index (χ0v) is 12.8. The van der Waals surface area contributed by atoms with Gasteiger partial charge in [-0.25, -0.2) is 0 Å². The number of amides is 1. The van der Waals surface area contributed by atoms with Gasteiger partial charge in [0.2, 0.25) is 5.91 Å². The molecule has 1 aromatic heterocycles. The Morgan fingerprint density at radius 2 is 2.00 bits per heavy atom. The maximum Gasteiger partial charge on any atom is 0.246 e. The molecular weight excluding hydrogens is 280 g/mol. The van der Waals surface area contributed by atoms with Gasteiger partial charge in [-0.05, 0) is 36.1 Å². The van der Waals surface area contributed by atoms with Gasteiger partial charge < -0.3 is 10.6 Å². The Balaban J connectivity index is 2.02. The Hall–Kier alpha value is -1.91. The zero-order valence-electron chi connectivity index (χ0n) is 11.9. The minimum Gasteiger partial charge on any atom is -0.335 e. The summed E-state index contributed by atoms with van der Waals surface area (Å²) >= 11 is 1.62. The summed E-state index contributed by atoms with van der Waals surface area (Å²) in [6, 6.07) is 14.0. The smallest absolute Gasteiger partial charge is 0.246 e. The van der Waals surface area contributed by atoms with Gasteiger partial charge in [0, 0.05) is 24.0 Å². The first-order valence-electron chi connectivity index (χ1n) is 7.04. The van der Waals surface area contributed by atoms with Crippen LogP contribution in [0.25, 0.3) is 6.08 Å². The summed E-state index contributed by atoms with van der Waals surface area (Å²) in [4.78, 5) is 15.3. The van der Waals surface area contributed by atoms with Crippen molar-refractivity contribution in [3.05, 3.63) is 64.4 Å². The minimum atomic E-state index is 0.0284. The summed E-state index contributed by atoms with van der Waals surface area (Å²) in [6.45, 7) is 1.89.